The number of halogens is 1. The van der Waals surface area contributed by atoms with Crippen LogP contribution in [0.1, 0.15) is 36.2 Å². The normalized spacial score (nSPS) is 15.9. The Kier molecular flexibility index (Phi) is 13.0. The van der Waals surface area contributed by atoms with Crippen LogP contribution in [-0.2, 0) is 11.2 Å². The second kappa shape index (κ2) is 14.6. The third-order valence-electron chi connectivity index (χ3n) is 5.32. The monoisotopic (exact) mass is 545 g/mol. The van der Waals surface area contributed by atoms with E-state index < -0.39 is 0 Å². The number of guanidine groups is 1. The SMILES string of the molecule is CN=C(NCCc1cccc(C(=O)N(C)C)c1)NCC(CC(C)C)N1CCOCC1.I. The van der Waals surface area contributed by atoms with Crippen molar-refractivity contribution in [2.24, 2.45) is 10.9 Å². The van der Waals surface area contributed by atoms with Crippen molar-refractivity contribution in [1.82, 2.24) is 20.4 Å². The van der Waals surface area contributed by atoms with E-state index in [0.717, 1.165) is 69.3 Å². The highest BCUT2D eigenvalue weighted by molar-refractivity contribution is 14.0. The lowest BCUT2D eigenvalue weighted by Gasteiger charge is -2.35. The first-order valence-electron chi connectivity index (χ1n) is 11.0. The van der Waals surface area contributed by atoms with Gasteiger partial charge >= 0.3 is 0 Å². The molecule has 31 heavy (non-hydrogen) atoms. The molecule has 0 bridgehead atoms. The topological polar surface area (TPSA) is 69.2 Å². The number of carbonyl (C=O) groups excluding carboxylic acids is 1. The lowest BCUT2D eigenvalue weighted by molar-refractivity contribution is 0.0132. The van der Waals surface area contributed by atoms with Crippen LogP contribution in [0.5, 0.6) is 0 Å². The summed E-state index contributed by atoms with van der Waals surface area (Å²) in [5.74, 6) is 1.49. The number of benzene rings is 1. The molecule has 1 aliphatic heterocycles. The van der Waals surface area contributed by atoms with Gasteiger partial charge in [-0.3, -0.25) is 14.7 Å². The maximum Gasteiger partial charge on any atom is 0.253 e. The van der Waals surface area contributed by atoms with Crippen molar-refractivity contribution in [3.8, 4) is 0 Å². The molecule has 2 N–H and O–H groups in total. The van der Waals surface area contributed by atoms with Crippen molar-refractivity contribution < 1.29 is 9.53 Å². The average molecular weight is 546 g/mol. The molecule has 1 unspecified atom stereocenters. The van der Waals surface area contributed by atoms with Crippen molar-refractivity contribution in [3.63, 3.8) is 0 Å². The van der Waals surface area contributed by atoms with E-state index in [0.29, 0.717) is 12.0 Å². The van der Waals surface area contributed by atoms with Gasteiger partial charge in [0.15, 0.2) is 5.96 Å². The zero-order valence-corrected chi connectivity index (χ0v) is 22.0. The molecule has 1 fully saturated rings. The van der Waals surface area contributed by atoms with Gasteiger partial charge in [0.25, 0.3) is 5.91 Å². The fourth-order valence-corrected chi connectivity index (χ4v) is 3.73. The maximum absolute atomic E-state index is 12.2. The second-order valence-electron chi connectivity index (χ2n) is 8.46. The average Bonchev–Trinajstić information content (AvgIpc) is 2.75. The summed E-state index contributed by atoms with van der Waals surface area (Å²) in [5.41, 5.74) is 1.86. The van der Waals surface area contributed by atoms with Crippen molar-refractivity contribution in [2.75, 3.05) is 60.5 Å². The Morgan fingerprint density at radius 3 is 2.55 bits per heavy atom. The molecule has 8 heteroatoms. The summed E-state index contributed by atoms with van der Waals surface area (Å²) in [7, 11) is 5.35. The first kappa shape index (κ1) is 27.6. The third-order valence-corrected chi connectivity index (χ3v) is 5.32. The molecule has 1 aromatic carbocycles. The largest absolute Gasteiger partial charge is 0.379 e. The number of morpholine rings is 1. The van der Waals surface area contributed by atoms with Gasteiger partial charge in [0.05, 0.1) is 13.2 Å². The van der Waals surface area contributed by atoms with Crippen LogP contribution in [0.25, 0.3) is 0 Å². The Labute approximate surface area is 205 Å². The molecule has 176 valence electrons. The molecular weight excluding hydrogens is 505 g/mol. The molecule has 7 nitrogen and oxygen atoms in total. The zero-order valence-electron chi connectivity index (χ0n) is 19.7. The molecule has 0 aromatic heterocycles. The standard InChI is InChI=1S/C23H39N5O2.HI/c1-18(2)15-21(28-11-13-30-14-12-28)17-26-23(24-3)25-10-9-19-7-6-8-20(16-19)22(29)27(4)5;/h6-8,16,18,21H,9-15,17H2,1-5H3,(H2,24,25,26);1H. The summed E-state index contributed by atoms with van der Waals surface area (Å²) in [6, 6.07) is 8.30. The van der Waals surface area contributed by atoms with Crippen LogP contribution in [-0.4, -0.2) is 88.2 Å². The number of carbonyl (C=O) groups is 1. The molecule has 1 saturated heterocycles. The molecule has 0 radical (unpaired) electrons. The van der Waals surface area contributed by atoms with Crippen molar-refractivity contribution in [1.29, 1.82) is 0 Å². The fraction of sp³-hybridized carbons (Fsp3) is 0.652. The summed E-state index contributed by atoms with van der Waals surface area (Å²) >= 11 is 0. The van der Waals surface area contributed by atoms with Crippen LogP contribution < -0.4 is 10.6 Å². The number of rotatable bonds is 9. The zero-order chi connectivity index (χ0) is 21.9. The summed E-state index contributed by atoms with van der Waals surface area (Å²) in [6.45, 7) is 9.79. The van der Waals surface area contributed by atoms with Gasteiger partial charge in [-0.15, -0.1) is 24.0 Å². The molecule has 1 atom stereocenters. The lowest BCUT2D eigenvalue weighted by atomic mass is 10.0. The van der Waals surface area contributed by atoms with Gasteiger partial charge in [0.2, 0.25) is 0 Å². The van der Waals surface area contributed by atoms with E-state index in [1.165, 1.54) is 0 Å². The van der Waals surface area contributed by atoms with Crippen molar-refractivity contribution in [3.05, 3.63) is 35.4 Å². The van der Waals surface area contributed by atoms with Gasteiger partial charge in [0, 0.05) is 58.9 Å². The Morgan fingerprint density at radius 1 is 1.23 bits per heavy atom. The Hall–Kier alpha value is -1.39. The highest BCUT2D eigenvalue weighted by Crippen LogP contribution is 2.13. The van der Waals surface area contributed by atoms with E-state index in [4.69, 9.17) is 4.74 Å². The predicted molar refractivity (Wildman–Crippen MR) is 139 cm³/mol. The third kappa shape index (κ3) is 9.74. The first-order chi connectivity index (χ1) is 14.4. The number of hydrogen-bond acceptors (Lipinski definition) is 4. The number of hydrogen-bond donors (Lipinski definition) is 2. The molecule has 1 heterocycles. The van der Waals surface area contributed by atoms with Gasteiger partial charge in [-0.1, -0.05) is 26.0 Å². The van der Waals surface area contributed by atoms with Gasteiger partial charge in [-0.2, -0.15) is 0 Å². The van der Waals surface area contributed by atoms with E-state index in [1.54, 1.807) is 26.0 Å². The highest BCUT2D eigenvalue weighted by atomic mass is 127. The number of nitrogens with zero attached hydrogens (tertiary/aromatic N) is 3. The molecular formula is C23H40IN5O2. The lowest BCUT2D eigenvalue weighted by Crippen LogP contribution is -2.51. The molecule has 1 aromatic rings. The number of aliphatic imine (C=N–C) groups is 1. The van der Waals surface area contributed by atoms with E-state index >= 15 is 0 Å². The van der Waals surface area contributed by atoms with E-state index in [9.17, 15) is 4.79 Å². The Balaban J connectivity index is 0.00000480. The summed E-state index contributed by atoms with van der Waals surface area (Å²) in [4.78, 5) is 20.7. The van der Waals surface area contributed by atoms with Crippen LogP contribution in [0, 0.1) is 5.92 Å². The van der Waals surface area contributed by atoms with Gasteiger partial charge in [-0.25, -0.2) is 0 Å². The van der Waals surface area contributed by atoms with Crippen molar-refractivity contribution >= 4 is 35.8 Å². The highest BCUT2D eigenvalue weighted by Gasteiger charge is 2.22. The summed E-state index contributed by atoms with van der Waals surface area (Å²) in [5, 5.41) is 6.90. The Morgan fingerprint density at radius 2 is 1.94 bits per heavy atom. The molecule has 0 saturated carbocycles. The molecule has 0 aliphatic carbocycles. The maximum atomic E-state index is 12.2. The van der Waals surface area contributed by atoms with Crippen LogP contribution in [0.3, 0.4) is 0 Å². The Bertz CT molecular complexity index is 690. The minimum Gasteiger partial charge on any atom is -0.379 e. The summed E-state index contributed by atoms with van der Waals surface area (Å²) < 4.78 is 5.51. The van der Waals surface area contributed by atoms with Gasteiger partial charge < -0.3 is 20.3 Å². The molecule has 1 aliphatic rings. The van der Waals surface area contributed by atoms with E-state index in [2.05, 4.69) is 40.4 Å². The van der Waals surface area contributed by atoms with Crippen LogP contribution in [0.2, 0.25) is 0 Å². The molecule has 1 amide bonds. The van der Waals surface area contributed by atoms with Gasteiger partial charge in [-0.05, 0) is 36.5 Å². The van der Waals surface area contributed by atoms with Crippen LogP contribution in [0.15, 0.2) is 29.3 Å². The first-order valence-corrected chi connectivity index (χ1v) is 11.0. The van der Waals surface area contributed by atoms with Gasteiger partial charge in [0.1, 0.15) is 0 Å². The summed E-state index contributed by atoms with van der Waals surface area (Å²) in [6.07, 6.45) is 1.98. The quantitative estimate of drug-likeness (QED) is 0.284. The molecule has 2 rings (SSSR count). The van der Waals surface area contributed by atoms with Crippen LogP contribution >= 0.6 is 24.0 Å². The van der Waals surface area contributed by atoms with E-state index in [-0.39, 0.29) is 29.9 Å². The van der Waals surface area contributed by atoms with Crippen LogP contribution in [0.4, 0.5) is 0 Å². The van der Waals surface area contributed by atoms with E-state index in [1.807, 2.05) is 18.2 Å². The number of ether oxygens (including phenoxy) is 1. The minimum absolute atomic E-state index is 0. The smallest absolute Gasteiger partial charge is 0.253 e. The predicted octanol–water partition coefficient (Wildman–Crippen LogP) is 2.46. The minimum atomic E-state index is 0. The second-order valence-corrected chi connectivity index (χ2v) is 8.46. The number of amides is 1. The fourth-order valence-electron chi connectivity index (χ4n) is 3.73. The van der Waals surface area contributed by atoms with Crippen molar-refractivity contribution in [2.45, 2.75) is 32.7 Å². The molecule has 0 spiro atoms. The number of nitrogens with one attached hydrogen (secondary N) is 2.